The van der Waals surface area contributed by atoms with Crippen LogP contribution in [-0.2, 0) is 12.5 Å². The maximum absolute atomic E-state index is 12.5. The molecule has 0 bridgehead atoms. The highest BCUT2D eigenvalue weighted by molar-refractivity contribution is 6.17. The van der Waals surface area contributed by atoms with Crippen LogP contribution in [0.2, 0.25) is 0 Å². The van der Waals surface area contributed by atoms with Gasteiger partial charge in [0.1, 0.15) is 0 Å². The Morgan fingerprint density at radius 2 is 2.21 bits per heavy atom. The van der Waals surface area contributed by atoms with Gasteiger partial charge in [0.15, 0.2) is 0 Å². The standard InChI is InChI=1S/C8H9ClF2N2O/c9-1-6-4(3-14)7(8(10)11)5(12)2-13-6/h2,8,14H,1,3,12H2. The first-order valence-electron chi connectivity index (χ1n) is 3.82. The van der Waals surface area contributed by atoms with Crippen LogP contribution < -0.4 is 5.73 Å². The van der Waals surface area contributed by atoms with Crippen LogP contribution >= 0.6 is 11.6 Å². The molecule has 0 spiro atoms. The fourth-order valence-corrected chi connectivity index (χ4v) is 1.40. The number of hydrogen-bond donors (Lipinski definition) is 2. The molecule has 0 aliphatic rings. The Bertz CT molecular complexity index is 333. The maximum atomic E-state index is 12.5. The number of alkyl halides is 3. The minimum absolute atomic E-state index is 0.0231. The predicted octanol–water partition coefficient (Wildman–Crippen LogP) is 1.83. The van der Waals surface area contributed by atoms with E-state index in [1.165, 1.54) is 0 Å². The second kappa shape index (κ2) is 4.52. The number of nitrogens with zero attached hydrogens (tertiary/aromatic N) is 1. The average Bonchev–Trinajstić information content (AvgIpc) is 2.16. The van der Waals surface area contributed by atoms with Gasteiger partial charge in [-0.05, 0) is 0 Å². The quantitative estimate of drug-likeness (QED) is 0.768. The zero-order valence-electron chi connectivity index (χ0n) is 7.17. The van der Waals surface area contributed by atoms with Gasteiger partial charge in [0.25, 0.3) is 6.43 Å². The third-order valence-corrected chi connectivity index (χ3v) is 2.10. The van der Waals surface area contributed by atoms with E-state index in [1.807, 2.05) is 0 Å². The Kier molecular flexibility index (Phi) is 3.60. The van der Waals surface area contributed by atoms with Crippen LogP contribution in [0.5, 0.6) is 0 Å². The van der Waals surface area contributed by atoms with Crippen LogP contribution in [0.25, 0.3) is 0 Å². The predicted molar refractivity (Wildman–Crippen MR) is 49.1 cm³/mol. The second-order valence-electron chi connectivity index (χ2n) is 2.64. The molecule has 3 N–H and O–H groups in total. The van der Waals surface area contributed by atoms with Crippen LogP contribution in [0.15, 0.2) is 6.20 Å². The van der Waals surface area contributed by atoms with Crippen molar-refractivity contribution in [1.82, 2.24) is 4.98 Å². The van der Waals surface area contributed by atoms with Crippen molar-refractivity contribution in [2.24, 2.45) is 0 Å². The minimum atomic E-state index is -2.73. The summed E-state index contributed by atoms with van der Waals surface area (Å²) >= 11 is 5.48. The number of pyridine rings is 1. The van der Waals surface area contributed by atoms with Crippen molar-refractivity contribution in [3.8, 4) is 0 Å². The summed E-state index contributed by atoms with van der Waals surface area (Å²) in [5.41, 5.74) is 5.08. The SMILES string of the molecule is Nc1cnc(CCl)c(CO)c1C(F)F. The van der Waals surface area contributed by atoms with Crippen molar-refractivity contribution in [3.05, 3.63) is 23.0 Å². The lowest BCUT2D eigenvalue weighted by molar-refractivity contribution is 0.147. The molecule has 1 aromatic rings. The number of anilines is 1. The van der Waals surface area contributed by atoms with Gasteiger partial charge in [-0.25, -0.2) is 8.78 Å². The van der Waals surface area contributed by atoms with E-state index >= 15 is 0 Å². The summed E-state index contributed by atoms with van der Waals surface area (Å²) in [5.74, 6) is -0.0319. The first-order chi connectivity index (χ1) is 6.61. The molecule has 1 aromatic heterocycles. The second-order valence-corrected chi connectivity index (χ2v) is 2.91. The molecule has 78 valence electrons. The molecule has 0 amide bonds. The molecule has 6 heteroatoms. The Balaban J connectivity index is 3.35. The smallest absolute Gasteiger partial charge is 0.266 e. The Morgan fingerprint density at radius 3 is 2.64 bits per heavy atom. The Labute approximate surface area is 84.5 Å². The Hall–Kier alpha value is -0.940. The van der Waals surface area contributed by atoms with E-state index in [1.54, 1.807) is 0 Å². The molecule has 0 atom stereocenters. The van der Waals surface area contributed by atoms with E-state index in [-0.39, 0.29) is 28.4 Å². The van der Waals surface area contributed by atoms with Gasteiger partial charge in [-0.3, -0.25) is 4.98 Å². The highest BCUT2D eigenvalue weighted by Gasteiger charge is 2.19. The topological polar surface area (TPSA) is 59.1 Å². The first kappa shape index (κ1) is 11.1. The molecule has 0 fully saturated rings. The molecule has 0 radical (unpaired) electrons. The van der Waals surface area contributed by atoms with Crippen LogP contribution in [0.1, 0.15) is 23.2 Å². The molecule has 14 heavy (non-hydrogen) atoms. The largest absolute Gasteiger partial charge is 0.397 e. The van der Waals surface area contributed by atoms with Crippen LogP contribution in [0, 0.1) is 0 Å². The van der Waals surface area contributed by atoms with Crippen molar-refractivity contribution >= 4 is 17.3 Å². The van der Waals surface area contributed by atoms with E-state index in [2.05, 4.69) is 4.98 Å². The molecule has 0 aliphatic carbocycles. The van der Waals surface area contributed by atoms with Gasteiger partial charge in [-0.2, -0.15) is 0 Å². The van der Waals surface area contributed by atoms with Crippen molar-refractivity contribution < 1.29 is 13.9 Å². The van der Waals surface area contributed by atoms with Gasteiger partial charge in [-0.15, -0.1) is 11.6 Å². The molecule has 1 rings (SSSR count). The lowest BCUT2D eigenvalue weighted by atomic mass is 10.1. The normalized spacial score (nSPS) is 10.9. The first-order valence-corrected chi connectivity index (χ1v) is 4.36. The summed E-state index contributed by atoms with van der Waals surface area (Å²) in [6.07, 6.45) is -1.61. The van der Waals surface area contributed by atoms with Crippen LogP contribution in [0.3, 0.4) is 0 Å². The number of halogens is 3. The molecule has 3 nitrogen and oxygen atoms in total. The highest BCUT2D eigenvalue weighted by Crippen LogP contribution is 2.30. The number of hydrogen-bond acceptors (Lipinski definition) is 3. The number of aromatic nitrogens is 1. The number of rotatable bonds is 3. The third-order valence-electron chi connectivity index (χ3n) is 1.85. The average molecular weight is 223 g/mol. The number of aliphatic hydroxyl groups excluding tert-OH is 1. The Morgan fingerprint density at radius 1 is 1.57 bits per heavy atom. The summed E-state index contributed by atoms with van der Waals surface area (Å²) in [6, 6.07) is 0. The van der Waals surface area contributed by atoms with Crippen LogP contribution in [0.4, 0.5) is 14.5 Å². The monoisotopic (exact) mass is 222 g/mol. The molecule has 1 heterocycles. The molecular weight excluding hydrogens is 214 g/mol. The molecule has 0 aliphatic heterocycles. The van der Waals surface area contributed by atoms with Crippen molar-refractivity contribution in [2.45, 2.75) is 18.9 Å². The van der Waals surface area contributed by atoms with Crippen molar-refractivity contribution in [1.29, 1.82) is 0 Å². The van der Waals surface area contributed by atoms with Crippen LogP contribution in [-0.4, -0.2) is 10.1 Å². The van der Waals surface area contributed by atoms with Gasteiger partial charge in [0.2, 0.25) is 0 Å². The van der Waals surface area contributed by atoms with E-state index in [0.29, 0.717) is 0 Å². The lowest BCUT2D eigenvalue weighted by Gasteiger charge is -2.12. The van der Waals surface area contributed by atoms with Crippen molar-refractivity contribution in [2.75, 3.05) is 5.73 Å². The highest BCUT2D eigenvalue weighted by atomic mass is 35.5. The van der Waals surface area contributed by atoms with Gasteiger partial charge in [0, 0.05) is 11.1 Å². The lowest BCUT2D eigenvalue weighted by Crippen LogP contribution is -2.06. The van der Waals surface area contributed by atoms with Gasteiger partial charge >= 0.3 is 0 Å². The summed E-state index contributed by atoms with van der Waals surface area (Å²) in [4.78, 5) is 3.76. The zero-order valence-corrected chi connectivity index (χ0v) is 7.93. The van der Waals surface area contributed by atoms with Gasteiger partial charge < -0.3 is 10.8 Å². The van der Waals surface area contributed by atoms with E-state index < -0.39 is 13.0 Å². The maximum Gasteiger partial charge on any atom is 0.266 e. The van der Waals surface area contributed by atoms with Gasteiger partial charge in [0.05, 0.1) is 30.1 Å². The minimum Gasteiger partial charge on any atom is -0.397 e. The summed E-state index contributed by atoms with van der Waals surface area (Å²) in [7, 11) is 0. The zero-order chi connectivity index (χ0) is 10.7. The van der Waals surface area contributed by atoms with E-state index in [0.717, 1.165) is 6.20 Å². The fourth-order valence-electron chi connectivity index (χ4n) is 1.17. The summed E-state index contributed by atoms with van der Waals surface area (Å²) < 4.78 is 25.1. The molecule has 0 saturated carbocycles. The third kappa shape index (κ3) is 1.93. The summed E-state index contributed by atoms with van der Waals surface area (Å²) in [6.45, 7) is -0.542. The number of nitrogen functional groups attached to an aromatic ring is 1. The van der Waals surface area contributed by atoms with E-state index in [9.17, 15) is 8.78 Å². The molecule has 0 aromatic carbocycles. The van der Waals surface area contributed by atoms with E-state index in [4.69, 9.17) is 22.4 Å². The van der Waals surface area contributed by atoms with Crippen molar-refractivity contribution in [3.63, 3.8) is 0 Å². The molecular formula is C8H9ClF2N2O. The fraction of sp³-hybridized carbons (Fsp3) is 0.375. The summed E-state index contributed by atoms with van der Waals surface area (Å²) in [5, 5.41) is 8.92. The molecule has 0 unspecified atom stereocenters. The number of nitrogens with two attached hydrogens (primary N) is 1. The number of aliphatic hydroxyl groups is 1. The van der Waals surface area contributed by atoms with Gasteiger partial charge in [-0.1, -0.05) is 0 Å². The molecule has 0 saturated heterocycles.